The van der Waals surface area contributed by atoms with Crippen LogP contribution >= 0.6 is 11.8 Å². The van der Waals surface area contributed by atoms with E-state index in [1.807, 2.05) is 24.4 Å². The molecule has 1 fully saturated rings. The van der Waals surface area contributed by atoms with Crippen molar-refractivity contribution in [1.82, 2.24) is 9.88 Å². The molecule has 4 nitrogen and oxygen atoms in total. The molecule has 3 aromatic rings. The molecule has 1 N–H and O–H groups in total. The minimum absolute atomic E-state index is 0.0859. The Hall–Kier alpha value is -2.37. The van der Waals surface area contributed by atoms with Crippen molar-refractivity contribution in [1.29, 1.82) is 0 Å². The number of fused-ring (bicyclic) bond motifs is 1. The van der Waals surface area contributed by atoms with Crippen molar-refractivity contribution in [3.63, 3.8) is 0 Å². The van der Waals surface area contributed by atoms with Crippen LogP contribution in [0.25, 0.3) is 10.9 Å². The molecule has 0 saturated carbocycles. The number of piperidine rings is 1. The first-order valence-electron chi connectivity index (χ1n) is 9.61. The monoisotopic (exact) mass is 392 g/mol. The number of carbonyl (C=O) groups is 1. The maximum atomic E-state index is 11.4. The number of para-hydroxylation sites is 1. The van der Waals surface area contributed by atoms with Gasteiger partial charge in [0.2, 0.25) is 0 Å². The Morgan fingerprint density at radius 2 is 1.82 bits per heavy atom. The zero-order valence-corrected chi connectivity index (χ0v) is 16.7. The Labute approximate surface area is 169 Å². The van der Waals surface area contributed by atoms with Gasteiger partial charge in [-0.15, -0.1) is 11.8 Å². The summed E-state index contributed by atoms with van der Waals surface area (Å²) in [5.41, 5.74) is 3.38. The van der Waals surface area contributed by atoms with Gasteiger partial charge in [-0.05, 0) is 67.6 Å². The van der Waals surface area contributed by atoms with Gasteiger partial charge in [-0.25, -0.2) is 0 Å². The highest BCUT2D eigenvalue weighted by Gasteiger charge is 2.30. The lowest BCUT2D eigenvalue weighted by Gasteiger charge is -2.37. The number of carboxylic acids is 1. The molecule has 0 amide bonds. The summed E-state index contributed by atoms with van der Waals surface area (Å²) in [7, 11) is 0. The summed E-state index contributed by atoms with van der Waals surface area (Å²) in [5.74, 6) is -0.904. The smallest absolute Gasteiger partial charge is 0.306 e. The number of carboxylic acid groups (broad SMARTS) is 1. The average Bonchev–Trinajstić information content (AvgIpc) is 2.75. The van der Waals surface area contributed by atoms with Gasteiger partial charge in [0.15, 0.2) is 0 Å². The molecular formula is C23H24N2O2S. The summed E-state index contributed by atoms with van der Waals surface area (Å²) >= 11 is 1.73. The molecule has 2 aromatic carbocycles. The number of nitrogens with zero attached hydrogens (tertiary/aromatic N) is 2. The quantitative estimate of drug-likeness (QED) is 0.630. The van der Waals surface area contributed by atoms with Crippen LogP contribution in [-0.2, 0) is 4.79 Å². The summed E-state index contributed by atoms with van der Waals surface area (Å²) in [6.07, 6.45) is 5.43. The second kappa shape index (κ2) is 8.33. The minimum atomic E-state index is -0.673. The van der Waals surface area contributed by atoms with Crippen LogP contribution in [0.1, 0.15) is 30.0 Å². The molecule has 2 heterocycles. The van der Waals surface area contributed by atoms with Crippen molar-refractivity contribution in [3.05, 3.63) is 71.9 Å². The van der Waals surface area contributed by atoms with E-state index in [9.17, 15) is 9.90 Å². The first-order chi connectivity index (χ1) is 13.7. The normalized spacial score (nSPS) is 16.9. The van der Waals surface area contributed by atoms with Crippen molar-refractivity contribution >= 4 is 28.6 Å². The van der Waals surface area contributed by atoms with Crippen molar-refractivity contribution < 1.29 is 9.90 Å². The molecule has 1 unspecified atom stereocenters. The van der Waals surface area contributed by atoms with E-state index in [0.29, 0.717) is 12.8 Å². The maximum absolute atomic E-state index is 11.4. The Balaban J connectivity index is 1.70. The van der Waals surface area contributed by atoms with Gasteiger partial charge in [-0.2, -0.15) is 0 Å². The van der Waals surface area contributed by atoms with Gasteiger partial charge in [-0.3, -0.25) is 14.7 Å². The van der Waals surface area contributed by atoms with E-state index in [4.69, 9.17) is 0 Å². The van der Waals surface area contributed by atoms with E-state index in [2.05, 4.69) is 52.5 Å². The number of benzene rings is 2. The third kappa shape index (κ3) is 3.91. The first-order valence-corrected chi connectivity index (χ1v) is 10.8. The molecule has 4 rings (SSSR count). The number of hydrogen-bond donors (Lipinski definition) is 1. The second-order valence-corrected chi connectivity index (χ2v) is 8.17. The lowest BCUT2D eigenvalue weighted by Crippen LogP contribution is -2.39. The summed E-state index contributed by atoms with van der Waals surface area (Å²) in [4.78, 5) is 19.7. The Morgan fingerprint density at radius 3 is 2.50 bits per heavy atom. The number of rotatable bonds is 5. The van der Waals surface area contributed by atoms with Crippen LogP contribution in [0.2, 0.25) is 0 Å². The summed E-state index contributed by atoms with van der Waals surface area (Å²) in [6, 6.07) is 19.2. The number of aromatic nitrogens is 1. The Morgan fingerprint density at radius 1 is 1.11 bits per heavy atom. The fourth-order valence-corrected chi connectivity index (χ4v) is 4.45. The highest BCUT2D eigenvalue weighted by atomic mass is 32.2. The van der Waals surface area contributed by atoms with Crippen LogP contribution < -0.4 is 0 Å². The molecule has 1 atom stereocenters. The molecule has 28 heavy (non-hydrogen) atoms. The number of pyridine rings is 1. The van der Waals surface area contributed by atoms with Crippen molar-refractivity contribution in [2.45, 2.75) is 23.8 Å². The van der Waals surface area contributed by atoms with E-state index < -0.39 is 5.97 Å². The highest BCUT2D eigenvalue weighted by Crippen LogP contribution is 2.34. The lowest BCUT2D eigenvalue weighted by molar-refractivity contribution is -0.143. The van der Waals surface area contributed by atoms with E-state index in [-0.39, 0.29) is 12.0 Å². The van der Waals surface area contributed by atoms with Crippen LogP contribution in [0.15, 0.2) is 65.7 Å². The predicted molar refractivity (Wildman–Crippen MR) is 114 cm³/mol. The van der Waals surface area contributed by atoms with Gasteiger partial charge in [0.1, 0.15) is 0 Å². The Bertz CT molecular complexity index is 966. The molecule has 1 aliphatic heterocycles. The second-order valence-electron chi connectivity index (χ2n) is 7.29. The summed E-state index contributed by atoms with van der Waals surface area (Å²) in [6.45, 7) is 1.55. The highest BCUT2D eigenvalue weighted by molar-refractivity contribution is 7.98. The molecule has 1 aromatic heterocycles. The van der Waals surface area contributed by atoms with Gasteiger partial charge >= 0.3 is 5.97 Å². The summed E-state index contributed by atoms with van der Waals surface area (Å²) < 4.78 is 0. The van der Waals surface area contributed by atoms with E-state index in [1.54, 1.807) is 11.8 Å². The van der Waals surface area contributed by atoms with Crippen LogP contribution in [0.3, 0.4) is 0 Å². The zero-order chi connectivity index (χ0) is 19.5. The maximum Gasteiger partial charge on any atom is 0.306 e. The fraction of sp³-hybridized carbons (Fsp3) is 0.304. The van der Waals surface area contributed by atoms with Gasteiger partial charge in [0.25, 0.3) is 0 Å². The third-order valence-corrected chi connectivity index (χ3v) is 6.35. The predicted octanol–water partition coefficient (Wildman–Crippen LogP) is 4.84. The molecule has 1 aliphatic rings. The lowest BCUT2D eigenvalue weighted by atomic mass is 9.91. The SMILES string of the molecule is CSc1ccc(C(c2cnc3ccccc3c2)N2CCC(C(=O)O)CC2)cc1. The Kier molecular flexibility index (Phi) is 5.64. The summed E-state index contributed by atoms with van der Waals surface area (Å²) in [5, 5.41) is 10.5. The molecule has 1 saturated heterocycles. The van der Waals surface area contributed by atoms with Gasteiger partial charge in [0.05, 0.1) is 17.5 Å². The largest absolute Gasteiger partial charge is 0.481 e. The van der Waals surface area contributed by atoms with Crippen molar-refractivity contribution in [2.24, 2.45) is 5.92 Å². The van der Waals surface area contributed by atoms with Crippen LogP contribution in [0.4, 0.5) is 0 Å². The van der Waals surface area contributed by atoms with Crippen LogP contribution in [0, 0.1) is 5.92 Å². The molecular weight excluding hydrogens is 368 g/mol. The van der Waals surface area contributed by atoms with Gasteiger partial charge in [0, 0.05) is 16.5 Å². The number of aliphatic carboxylic acids is 1. The molecule has 0 spiro atoms. The van der Waals surface area contributed by atoms with Crippen molar-refractivity contribution in [3.8, 4) is 0 Å². The van der Waals surface area contributed by atoms with E-state index in [1.165, 1.54) is 10.5 Å². The number of thioether (sulfide) groups is 1. The standard InChI is InChI=1S/C23H24N2O2S/c1-28-20-8-6-16(7-9-20)22(25-12-10-17(11-13-25)23(26)27)19-14-18-4-2-3-5-21(18)24-15-19/h2-9,14-15,17,22H,10-13H2,1H3,(H,26,27). The van der Waals surface area contributed by atoms with Crippen LogP contribution in [-0.4, -0.2) is 40.3 Å². The topological polar surface area (TPSA) is 53.4 Å². The number of hydrogen-bond acceptors (Lipinski definition) is 4. The molecule has 0 radical (unpaired) electrons. The third-order valence-electron chi connectivity index (χ3n) is 5.60. The zero-order valence-electron chi connectivity index (χ0n) is 15.9. The first kappa shape index (κ1) is 19.0. The molecule has 5 heteroatoms. The van der Waals surface area contributed by atoms with Gasteiger partial charge in [-0.1, -0.05) is 30.3 Å². The van der Waals surface area contributed by atoms with Crippen LogP contribution in [0.5, 0.6) is 0 Å². The average molecular weight is 393 g/mol. The van der Waals surface area contributed by atoms with E-state index >= 15 is 0 Å². The van der Waals surface area contributed by atoms with Crippen molar-refractivity contribution in [2.75, 3.05) is 19.3 Å². The van der Waals surface area contributed by atoms with Gasteiger partial charge < -0.3 is 5.11 Å². The number of likely N-dealkylation sites (tertiary alicyclic amines) is 1. The van der Waals surface area contributed by atoms with E-state index in [0.717, 1.165) is 29.6 Å². The molecule has 144 valence electrons. The molecule has 0 bridgehead atoms. The fourth-order valence-electron chi connectivity index (χ4n) is 4.04. The minimum Gasteiger partial charge on any atom is -0.481 e. The molecule has 0 aliphatic carbocycles.